The second-order valence-corrected chi connectivity index (χ2v) is 5.71. The first-order chi connectivity index (χ1) is 8.08. The van der Waals surface area contributed by atoms with Gasteiger partial charge in [-0.05, 0) is 32.1 Å². The maximum Gasteiger partial charge on any atom is 0.309 e. The number of hydrogen-bond donors (Lipinski definition) is 3. The Morgan fingerprint density at radius 2 is 1.67 bits per heavy atom. The van der Waals surface area contributed by atoms with Gasteiger partial charge in [0.05, 0.1) is 11.5 Å². The van der Waals surface area contributed by atoms with Gasteiger partial charge in [0.2, 0.25) is 0 Å². The largest absolute Gasteiger partial charge is 0.481 e. The summed E-state index contributed by atoms with van der Waals surface area (Å²) in [6.45, 7) is 12.0. The second kappa shape index (κ2) is 8.48. The van der Waals surface area contributed by atoms with Gasteiger partial charge in [-0.3, -0.25) is 4.79 Å². The van der Waals surface area contributed by atoms with Crippen molar-refractivity contribution in [2.24, 2.45) is 16.6 Å². The van der Waals surface area contributed by atoms with Gasteiger partial charge in [-0.1, -0.05) is 34.1 Å². The van der Waals surface area contributed by atoms with Gasteiger partial charge in [0.1, 0.15) is 0 Å². The molecule has 0 bridgehead atoms. The fourth-order valence-electron chi connectivity index (χ4n) is 1.82. The van der Waals surface area contributed by atoms with E-state index in [-0.39, 0.29) is 11.5 Å². The Kier molecular flexibility index (Phi) is 9.30. The molecule has 4 heteroatoms. The normalized spacial score (nSPS) is 16.2. The zero-order valence-corrected chi connectivity index (χ0v) is 12.8. The predicted octanol–water partition coefficient (Wildman–Crippen LogP) is 2.64. The third kappa shape index (κ3) is 5.83. The van der Waals surface area contributed by atoms with Gasteiger partial charge in [-0.25, -0.2) is 0 Å². The number of rotatable bonds is 6. The molecule has 110 valence electrons. The molecule has 2 unspecified atom stereocenters. The van der Waals surface area contributed by atoms with E-state index in [0.717, 1.165) is 12.8 Å². The standard InChI is InChI=1S/C11H22O2.C3H9NO/c1-6-8-10(3,4)11(5,7-2)9(12)13;1-3(5)2-4/h6-8H2,1-5H3,(H,12,13);3,5H,2,4H2,1H3. The minimum absolute atomic E-state index is 0.123. The van der Waals surface area contributed by atoms with Gasteiger partial charge in [0, 0.05) is 6.54 Å². The summed E-state index contributed by atoms with van der Waals surface area (Å²) in [5.41, 5.74) is 4.20. The Labute approximate surface area is 112 Å². The maximum atomic E-state index is 11.2. The lowest BCUT2D eigenvalue weighted by atomic mass is 9.63. The van der Waals surface area contributed by atoms with Crippen LogP contribution in [0.25, 0.3) is 0 Å². The van der Waals surface area contributed by atoms with E-state index in [4.69, 9.17) is 10.8 Å². The van der Waals surface area contributed by atoms with Crippen molar-refractivity contribution in [3.63, 3.8) is 0 Å². The van der Waals surface area contributed by atoms with Crippen LogP contribution >= 0.6 is 0 Å². The Hall–Kier alpha value is -0.610. The summed E-state index contributed by atoms with van der Waals surface area (Å²) in [6.07, 6.45) is 2.35. The van der Waals surface area contributed by atoms with Gasteiger partial charge < -0.3 is 15.9 Å². The van der Waals surface area contributed by atoms with E-state index in [0.29, 0.717) is 13.0 Å². The molecule has 0 saturated heterocycles. The van der Waals surface area contributed by atoms with E-state index in [1.807, 2.05) is 27.7 Å². The molecule has 4 nitrogen and oxygen atoms in total. The van der Waals surface area contributed by atoms with Crippen molar-refractivity contribution in [3.8, 4) is 0 Å². The van der Waals surface area contributed by atoms with Crippen LogP contribution in [-0.2, 0) is 4.79 Å². The second-order valence-electron chi connectivity index (χ2n) is 5.71. The highest BCUT2D eigenvalue weighted by atomic mass is 16.4. The van der Waals surface area contributed by atoms with Crippen LogP contribution in [0.2, 0.25) is 0 Å². The van der Waals surface area contributed by atoms with E-state index in [2.05, 4.69) is 6.92 Å². The third-order valence-electron chi connectivity index (χ3n) is 3.89. The van der Waals surface area contributed by atoms with Crippen LogP contribution in [0.3, 0.4) is 0 Å². The molecule has 0 rings (SSSR count). The first-order valence-electron chi connectivity index (χ1n) is 6.70. The monoisotopic (exact) mass is 261 g/mol. The van der Waals surface area contributed by atoms with Crippen LogP contribution in [0, 0.1) is 10.8 Å². The molecule has 18 heavy (non-hydrogen) atoms. The molecule has 0 heterocycles. The molecule has 0 aliphatic heterocycles. The average molecular weight is 261 g/mol. The van der Waals surface area contributed by atoms with Gasteiger partial charge in [-0.2, -0.15) is 0 Å². The number of carboxylic acid groups (broad SMARTS) is 1. The molecular weight excluding hydrogens is 230 g/mol. The molecule has 0 fully saturated rings. The summed E-state index contributed by atoms with van der Waals surface area (Å²) in [4.78, 5) is 11.2. The smallest absolute Gasteiger partial charge is 0.309 e. The lowest BCUT2D eigenvalue weighted by Crippen LogP contribution is -2.41. The number of aliphatic carboxylic acids is 1. The number of nitrogens with two attached hydrogens (primary N) is 1. The van der Waals surface area contributed by atoms with Crippen molar-refractivity contribution in [1.29, 1.82) is 0 Å². The van der Waals surface area contributed by atoms with Gasteiger partial charge >= 0.3 is 5.97 Å². The van der Waals surface area contributed by atoms with Crippen LogP contribution in [0.5, 0.6) is 0 Å². The Bertz CT molecular complexity index is 239. The lowest BCUT2D eigenvalue weighted by molar-refractivity contribution is -0.156. The molecule has 0 saturated carbocycles. The summed E-state index contributed by atoms with van der Waals surface area (Å²) in [6, 6.07) is 0. The third-order valence-corrected chi connectivity index (χ3v) is 3.89. The summed E-state index contributed by atoms with van der Waals surface area (Å²) < 4.78 is 0. The summed E-state index contributed by atoms with van der Waals surface area (Å²) in [5, 5.41) is 17.4. The summed E-state index contributed by atoms with van der Waals surface area (Å²) in [5.74, 6) is -0.673. The maximum absolute atomic E-state index is 11.2. The van der Waals surface area contributed by atoms with Crippen molar-refractivity contribution >= 4 is 5.97 Å². The Morgan fingerprint density at radius 1 is 1.28 bits per heavy atom. The number of hydrogen-bond acceptors (Lipinski definition) is 3. The number of aliphatic hydroxyl groups is 1. The highest BCUT2D eigenvalue weighted by Gasteiger charge is 2.44. The zero-order chi connectivity index (χ0) is 15.0. The molecule has 0 radical (unpaired) electrons. The van der Waals surface area contributed by atoms with Crippen molar-refractivity contribution in [2.45, 2.75) is 66.9 Å². The number of carbonyl (C=O) groups is 1. The SMILES string of the molecule is CC(O)CN.CCCC(C)(C)C(C)(CC)C(=O)O. The van der Waals surface area contributed by atoms with E-state index in [1.165, 1.54) is 0 Å². The fourth-order valence-corrected chi connectivity index (χ4v) is 1.82. The van der Waals surface area contributed by atoms with Crippen LogP contribution < -0.4 is 5.73 Å². The molecular formula is C14H31NO3. The molecule has 4 N–H and O–H groups in total. The Balaban J connectivity index is 0. The van der Waals surface area contributed by atoms with Crippen molar-refractivity contribution in [2.75, 3.05) is 6.54 Å². The molecule has 0 aliphatic carbocycles. The fraction of sp³-hybridized carbons (Fsp3) is 0.929. The van der Waals surface area contributed by atoms with E-state index < -0.39 is 11.4 Å². The van der Waals surface area contributed by atoms with Crippen LogP contribution in [0.15, 0.2) is 0 Å². The van der Waals surface area contributed by atoms with E-state index in [1.54, 1.807) is 6.92 Å². The first-order valence-corrected chi connectivity index (χ1v) is 6.70. The highest BCUT2D eigenvalue weighted by Crippen LogP contribution is 2.45. The highest BCUT2D eigenvalue weighted by molar-refractivity contribution is 5.75. The molecule has 0 aromatic rings. The number of aliphatic hydroxyl groups excluding tert-OH is 1. The van der Waals surface area contributed by atoms with Crippen molar-refractivity contribution in [3.05, 3.63) is 0 Å². The quantitative estimate of drug-likeness (QED) is 0.686. The Morgan fingerprint density at radius 3 is 1.83 bits per heavy atom. The van der Waals surface area contributed by atoms with Crippen LogP contribution in [0.1, 0.15) is 60.8 Å². The molecule has 0 spiro atoms. The zero-order valence-electron chi connectivity index (χ0n) is 12.8. The predicted molar refractivity (Wildman–Crippen MR) is 75.5 cm³/mol. The van der Waals surface area contributed by atoms with E-state index in [9.17, 15) is 9.90 Å². The van der Waals surface area contributed by atoms with Crippen molar-refractivity contribution < 1.29 is 15.0 Å². The molecule has 0 amide bonds. The number of carboxylic acids is 1. The topological polar surface area (TPSA) is 83.5 Å². The molecule has 0 aromatic heterocycles. The van der Waals surface area contributed by atoms with Crippen LogP contribution in [0.4, 0.5) is 0 Å². The molecule has 0 aliphatic rings. The minimum Gasteiger partial charge on any atom is -0.481 e. The molecule has 0 aromatic carbocycles. The first kappa shape index (κ1) is 19.7. The van der Waals surface area contributed by atoms with Crippen LogP contribution in [-0.4, -0.2) is 28.8 Å². The summed E-state index contributed by atoms with van der Waals surface area (Å²) in [7, 11) is 0. The van der Waals surface area contributed by atoms with Gasteiger partial charge in [0.15, 0.2) is 0 Å². The van der Waals surface area contributed by atoms with Gasteiger partial charge in [-0.15, -0.1) is 0 Å². The average Bonchev–Trinajstić information content (AvgIpc) is 2.27. The van der Waals surface area contributed by atoms with E-state index >= 15 is 0 Å². The minimum atomic E-state index is -0.673. The van der Waals surface area contributed by atoms with Crippen molar-refractivity contribution in [1.82, 2.24) is 0 Å². The summed E-state index contributed by atoms with van der Waals surface area (Å²) >= 11 is 0. The van der Waals surface area contributed by atoms with Gasteiger partial charge in [0.25, 0.3) is 0 Å². The lowest BCUT2D eigenvalue weighted by Gasteiger charge is -2.40. The molecule has 2 atom stereocenters.